The summed E-state index contributed by atoms with van der Waals surface area (Å²) in [6.45, 7) is 1.31. The molecule has 2 rings (SSSR count). The number of hydrogen-bond donors (Lipinski definition) is 1. The minimum absolute atomic E-state index is 0.0300. The Morgan fingerprint density at radius 2 is 2.16 bits per heavy atom. The van der Waals surface area contributed by atoms with Gasteiger partial charge in [0.25, 0.3) is 0 Å². The van der Waals surface area contributed by atoms with Crippen LogP contribution < -0.4 is 5.32 Å². The average molecular weight is 264 g/mol. The number of rotatable bonds is 4. The maximum Gasteiger partial charge on any atom is 0.433 e. The van der Waals surface area contributed by atoms with Crippen molar-refractivity contribution in [3.05, 3.63) is 33.9 Å². The highest BCUT2D eigenvalue weighted by Crippen LogP contribution is 2.18. The molecule has 0 unspecified atom stereocenters. The molecule has 0 saturated heterocycles. The van der Waals surface area contributed by atoms with Gasteiger partial charge in [-0.3, -0.25) is 20.2 Å². The molecule has 98 valence electrons. The van der Waals surface area contributed by atoms with Crippen LogP contribution >= 0.6 is 0 Å². The van der Waals surface area contributed by atoms with Gasteiger partial charge in [-0.15, -0.1) is 5.10 Å². The first-order valence-electron chi connectivity index (χ1n) is 5.08. The van der Waals surface area contributed by atoms with E-state index in [1.54, 1.807) is 0 Å². The molecule has 2 aromatic heterocycles. The van der Waals surface area contributed by atoms with Crippen molar-refractivity contribution in [2.45, 2.75) is 6.92 Å². The molecule has 0 aromatic carbocycles. The van der Waals surface area contributed by atoms with E-state index in [0.29, 0.717) is 0 Å². The van der Waals surface area contributed by atoms with Crippen molar-refractivity contribution in [1.82, 2.24) is 10.2 Å². The standard InChI is InChI=1S/C10H8N4O5/c1-6(15)11-10-13-12-8(19-10)4-2-7-3-5-9(18-7)14(16)17/h2-5H,1H3,(H,11,13,15)/b4-2+. The molecule has 0 fully saturated rings. The van der Waals surface area contributed by atoms with Crippen LogP contribution in [-0.2, 0) is 4.79 Å². The Labute approximate surface area is 106 Å². The second-order valence-electron chi connectivity index (χ2n) is 3.39. The van der Waals surface area contributed by atoms with Gasteiger partial charge >= 0.3 is 11.9 Å². The molecule has 9 nitrogen and oxygen atoms in total. The Bertz CT molecular complexity index is 642. The van der Waals surface area contributed by atoms with Crippen LogP contribution in [0.15, 0.2) is 21.0 Å². The lowest BCUT2D eigenvalue weighted by molar-refractivity contribution is -0.402. The lowest BCUT2D eigenvalue weighted by Gasteiger charge is -1.89. The number of carbonyl (C=O) groups excluding carboxylic acids is 1. The molecule has 0 aliphatic rings. The Morgan fingerprint density at radius 1 is 1.37 bits per heavy atom. The zero-order valence-corrected chi connectivity index (χ0v) is 9.69. The summed E-state index contributed by atoms with van der Waals surface area (Å²) in [6, 6.07) is 2.63. The van der Waals surface area contributed by atoms with E-state index in [9.17, 15) is 14.9 Å². The number of nitrogens with zero attached hydrogens (tertiary/aromatic N) is 3. The van der Waals surface area contributed by atoms with Crippen LogP contribution in [0.3, 0.4) is 0 Å². The van der Waals surface area contributed by atoms with Gasteiger partial charge < -0.3 is 8.83 Å². The van der Waals surface area contributed by atoms with Gasteiger partial charge in [-0.1, -0.05) is 5.10 Å². The molecule has 9 heteroatoms. The van der Waals surface area contributed by atoms with Crippen molar-refractivity contribution in [2.75, 3.05) is 5.32 Å². The third-order valence-electron chi connectivity index (χ3n) is 1.91. The molecule has 2 aromatic rings. The highest BCUT2D eigenvalue weighted by Gasteiger charge is 2.10. The molecule has 19 heavy (non-hydrogen) atoms. The Hall–Kier alpha value is -2.97. The smallest absolute Gasteiger partial charge is 0.404 e. The third-order valence-corrected chi connectivity index (χ3v) is 1.91. The molecule has 0 aliphatic carbocycles. The SMILES string of the molecule is CC(=O)Nc1nnc(/C=C/c2ccc([N+](=O)[O-])o2)o1. The number of hydrogen-bond acceptors (Lipinski definition) is 7. The van der Waals surface area contributed by atoms with Gasteiger partial charge in [0.2, 0.25) is 11.8 Å². The number of carbonyl (C=O) groups is 1. The van der Waals surface area contributed by atoms with E-state index >= 15 is 0 Å². The molecule has 0 atom stereocenters. The lowest BCUT2D eigenvalue weighted by Crippen LogP contribution is -2.05. The van der Waals surface area contributed by atoms with Crippen molar-refractivity contribution in [2.24, 2.45) is 0 Å². The zero-order valence-electron chi connectivity index (χ0n) is 9.69. The summed E-state index contributed by atoms with van der Waals surface area (Å²) >= 11 is 0. The topological polar surface area (TPSA) is 124 Å². The van der Waals surface area contributed by atoms with Gasteiger partial charge in [-0.25, -0.2) is 0 Å². The highest BCUT2D eigenvalue weighted by molar-refractivity contribution is 5.86. The molecule has 1 amide bonds. The number of anilines is 1. The first-order valence-corrected chi connectivity index (χ1v) is 5.08. The second-order valence-corrected chi connectivity index (χ2v) is 3.39. The van der Waals surface area contributed by atoms with Crippen LogP contribution in [0, 0.1) is 10.1 Å². The van der Waals surface area contributed by atoms with E-state index in [4.69, 9.17) is 8.83 Å². The Balaban J connectivity index is 2.07. The molecule has 0 saturated carbocycles. The summed E-state index contributed by atoms with van der Waals surface area (Å²) < 4.78 is 9.95. The number of nitro groups is 1. The number of nitrogens with one attached hydrogen (secondary N) is 1. The fourth-order valence-corrected chi connectivity index (χ4v) is 1.19. The van der Waals surface area contributed by atoms with Gasteiger partial charge in [0.1, 0.15) is 10.7 Å². The molecule has 2 heterocycles. The monoisotopic (exact) mass is 264 g/mol. The molecular weight excluding hydrogens is 256 g/mol. The summed E-state index contributed by atoms with van der Waals surface area (Å²) in [5, 5.41) is 19.9. The normalized spacial score (nSPS) is 10.8. The first kappa shape index (κ1) is 12.5. The quantitative estimate of drug-likeness (QED) is 0.658. The summed E-state index contributed by atoms with van der Waals surface area (Å²) in [5.41, 5.74) is 0. The zero-order chi connectivity index (χ0) is 13.8. The first-order chi connectivity index (χ1) is 9.04. The summed E-state index contributed by atoms with van der Waals surface area (Å²) in [4.78, 5) is 20.5. The molecular formula is C10H8N4O5. The van der Waals surface area contributed by atoms with Crippen molar-refractivity contribution in [3.63, 3.8) is 0 Å². The van der Waals surface area contributed by atoms with Crippen LogP contribution in [0.5, 0.6) is 0 Å². The second kappa shape index (κ2) is 5.12. The van der Waals surface area contributed by atoms with Crippen LogP contribution in [0.25, 0.3) is 12.2 Å². The van der Waals surface area contributed by atoms with Crippen LogP contribution in [-0.4, -0.2) is 21.0 Å². The van der Waals surface area contributed by atoms with Crippen molar-refractivity contribution < 1.29 is 18.6 Å². The largest absolute Gasteiger partial charge is 0.433 e. The van der Waals surface area contributed by atoms with Crippen molar-refractivity contribution >= 4 is 30.0 Å². The number of furan rings is 1. The minimum atomic E-state index is -0.640. The number of aromatic nitrogens is 2. The highest BCUT2D eigenvalue weighted by atomic mass is 16.6. The Kier molecular flexibility index (Phi) is 3.37. The lowest BCUT2D eigenvalue weighted by atomic mass is 10.4. The van der Waals surface area contributed by atoms with Crippen LogP contribution in [0.1, 0.15) is 18.6 Å². The minimum Gasteiger partial charge on any atom is -0.404 e. The van der Waals surface area contributed by atoms with Gasteiger partial charge in [-0.05, 0) is 12.1 Å². The molecule has 0 aliphatic heterocycles. The molecule has 0 spiro atoms. The Morgan fingerprint density at radius 3 is 2.79 bits per heavy atom. The van der Waals surface area contributed by atoms with Gasteiger partial charge in [0, 0.05) is 13.0 Å². The van der Waals surface area contributed by atoms with Crippen LogP contribution in [0.2, 0.25) is 0 Å². The van der Waals surface area contributed by atoms with E-state index in [0.717, 1.165) is 0 Å². The number of amides is 1. The van der Waals surface area contributed by atoms with Gasteiger partial charge in [0.05, 0.1) is 6.07 Å². The maximum absolute atomic E-state index is 10.7. The van der Waals surface area contributed by atoms with Gasteiger partial charge in [0.15, 0.2) is 0 Å². The van der Waals surface area contributed by atoms with E-state index in [1.807, 2.05) is 0 Å². The summed E-state index contributed by atoms with van der Waals surface area (Å²) in [6.07, 6.45) is 2.83. The van der Waals surface area contributed by atoms with E-state index in [1.165, 1.54) is 31.2 Å². The van der Waals surface area contributed by atoms with E-state index in [2.05, 4.69) is 15.5 Å². The van der Waals surface area contributed by atoms with Crippen LogP contribution in [0.4, 0.5) is 11.9 Å². The average Bonchev–Trinajstić information content (AvgIpc) is 2.94. The molecule has 0 bridgehead atoms. The van der Waals surface area contributed by atoms with Crippen molar-refractivity contribution in [3.8, 4) is 0 Å². The summed E-state index contributed by atoms with van der Waals surface area (Å²) in [5.74, 6) is -0.293. The fourth-order valence-electron chi connectivity index (χ4n) is 1.19. The van der Waals surface area contributed by atoms with E-state index < -0.39 is 4.92 Å². The predicted octanol–water partition coefficient (Wildman–Crippen LogP) is 1.70. The third kappa shape index (κ3) is 3.25. The predicted molar refractivity (Wildman–Crippen MR) is 62.9 cm³/mol. The van der Waals surface area contributed by atoms with Crippen molar-refractivity contribution in [1.29, 1.82) is 0 Å². The van der Waals surface area contributed by atoms with Gasteiger partial charge in [-0.2, -0.15) is 0 Å². The molecule has 0 radical (unpaired) electrons. The van der Waals surface area contributed by atoms with E-state index in [-0.39, 0.29) is 29.5 Å². The maximum atomic E-state index is 10.7. The summed E-state index contributed by atoms with van der Waals surface area (Å²) in [7, 11) is 0. The fraction of sp³-hybridized carbons (Fsp3) is 0.100. The molecule has 1 N–H and O–H groups in total.